The van der Waals surface area contributed by atoms with Gasteiger partial charge in [0.05, 0.1) is 0 Å². The molecule has 0 saturated heterocycles. The summed E-state index contributed by atoms with van der Waals surface area (Å²) in [5.74, 6) is -0.141. The first kappa shape index (κ1) is 10.2. The molecule has 0 aromatic carbocycles. The summed E-state index contributed by atoms with van der Waals surface area (Å²) in [6.07, 6.45) is 1.10. The number of rotatable bonds is 1. The van der Waals surface area contributed by atoms with E-state index in [1.54, 1.807) is 0 Å². The average Bonchev–Trinajstić information content (AvgIpc) is 1.35. The zero-order valence-corrected chi connectivity index (χ0v) is 3.56. The van der Waals surface area contributed by atoms with E-state index in [2.05, 4.69) is 5.32 Å². The van der Waals surface area contributed by atoms with Crippen molar-refractivity contribution in [2.45, 2.75) is 6.92 Å². The minimum atomic E-state index is -0.141. The molecule has 1 amide bonds. The van der Waals surface area contributed by atoms with Crippen molar-refractivity contribution in [1.29, 1.82) is 0 Å². The van der Waals surface area contributed by atoms with Crippen LogP contribution in [0, 0.1) is 6.58 Å². The maximum absolute atomic E-state index is 9.82. The van der Waals surface area contributed by atoms with Gasteiger partial charge in [0.25, 0.3) is 0 Å². The maximum atomic E-state index is 9.82. The summed E-state index contributed by atoms with van der Waals surface area (Å²) in [5, 5.41) is 2.22. The molecule has 0 aromatic heterocycles. The molecule has 0 bridgehead atoms. The van der Waals surface area contributed by atoms with Crippen molar-refractivity contribution in [3.63, 3.8) is 0 Å². The Kier molecular flexibility index (Phi) is 9.09. The van der Waals surface area contributed by atoms with Crippen LogP contribution in [0.3, 0.4) is 0 Å². The fraction of sp³-hybridized carbons (Fsp3) is 0.250. The van der Waals surface area contributed by atoms with Crippen LogP contribution in [-0.4, -0.2) is 35.5 Å². The monoisotopic (exact) mass is 108 g/mol. The molecular formula is C4H7NNaO. The third-order valence-corrected chi connectivity index (χ3v) is 0.287. The first-order chi connectivity index (χ1) is 2.77. The van der Waals surface area contributed by atoms with Gasteiger partial charge < -0.3 is 5.32 Å². The predicted molar refractivity (Wildman–Crippen MR) is 29.8 cm³/mol. The van der Waals surface area contributed by atoms with Crippen molar-refractivity contribution in [2.75, 3.05) is 0 Å². The van der Waals surface area contributed by atoms with Crippen molar-refractivity contribution >= 4 is 35.5 Å². The molecule has 1 N–H and O–H groups in total. The normalized spacial score (nSPS) is 5.86. The van der Waals surface area contributed by atoms with Crippen LogP contribution in [0.2, 0.25) is 0 Å². The molecule has 0 aliphatic rings. The number of nitrogens with one attached hydrogen (secondary N) is 1. The van der Waals surface area contributed by atoms with Gasteiger partial charge in [-0.2, -0.15) is 0 Å². The van der Waals surface area contributed by atoms with Crippen LogP contribution in [0.15, 0.2) is 6.20 Å². The topological polar surface area (TPSA) is 29.1 Å². The molecular weight excluding hydrogens is 101 g/mol. The average molecular weight is 108 g/mol. The van der Waals surface area contributed by atoms with E-state index in [0.717, 1.165) is 6.20 Å². The molecule has 0 spiro atoms. The Morgan fingerprint density at radius 1 is 1.86 bits per heavy atom. The summed E-state index contributed by atoms with van der Waals surface area (Å²) < 4.78 is 0. The van der Waals surface area contributed by atoms with Gasteiger partial charge in [-0.3, -0.25) is 4.79 Å². The van der Waals surface area contributed by atoms with E-state index in [1.807, 2.05) is 0 Å². The molecule has 0 aromatic rings. The van der Waals surface area contributed by atoms with E-state index in [-0.39, 0.29) is 35.5 Å². The summed E-state index contributed by atoms with van der Waals surface area (Å²) in [5.41, 5.74) is 0. The second-order valence-electron chi connectivity index (χ2n) is 0.867. The molecule has 3 heteroatoms. The van der Waals surface area contributed by atoms with Gasteiger partial charge in [0.1, 0.15) is 0 Å². The molecule has 35 valence electrons. The Labute approximate surface area is 65.3 Å². The van der Waals surface area contributed by atoms with E-state index in [4.69, 9.17) is 6.58 Å². The fourth-order valence-corrected chi connectivity index (χ4v) is 0.117. The van der Waals surface area contributed by atoms with Crippen LogP contribution in [0.25, 0.3) is 0 Å². The molecule has 0 aliphatic heterocycles. The first-order valence-corrected chi connectivity index (χ1v) is 1.58. The van der Waals surface area contributed by atoms with E-state index in [9.17, 15) is 4.79 Å². The summed E-state index contributed by atoms with van der Waals surface area (Å²) >= 11 is 0. The molecule has 0 unspecified atom stereocenters. The van der Waals surface area contributed by atoms with Crippen LogP contribution >= 0.6 is 0 Å². The summed E-state index contributed by atoms with van der Waals surface area (Å²) in [6.45, 7) is 6.16. The Balaban J connectivity index is 0. The zero-order chi connectivity index (χ0) is 4.99. The van der Waals surface area contributed by atoms with E-state index in [1.165, 1.54) is 6.92 Å². The van der Waals surface area contributed by atoms with Crippen LogP contribution in [0.4, 0.5) is 0 Å². The Morgan fingerprint density at radius 2 is 2.29 bits per heavy atom. The van der Waals surface area contributed by atoms with Crippen molar-refractivity contribution in [2.24, 2.45) is 0 Å². The van der Waals surface area contributed by atoms with Gasteiger partial charge in [0.2, 0.25) is 5.91 Å². The first-order valence-electron chi connectivity index (χ1n) is 1.58. The van der Waals surface area contributed by atoms with Gasteiger partial charge in [-0.05, 0) is 6.58 Å². The van der Waals surface area contributed by atoms with Gasteiger partial charge in [0.15, 0.2) is 0 Å². The fourth-order valence-electron chi connectivity index (χ4n) is 0.117. The van der Waals surface area contributed by atoms with Crippen molar-refractivity contribution in [1.82, 2.24) is 5.32 Å². The summed E-state index contributed by atoms with van der Waals surface area (Å²) in [6, 6.07) is 0. The number of hydrogen-bond donors (Lipinski definition) is 1. The molecule has 7 heavy (non-hydrogen) atoms. The van der Waals surface area contributed by atoms with Crippen molar-refractivity contribution in [3.05, 3.63) is 12.8 Å². The molecule has 0 fully saturated rings. The van der Waals surface area contributed by atoms with E-state index in [0.29, 0.717) is 0 Å². The SMILES string of the molecule is [CH]=CNC(C)=O.[NaH]. The molecule has 0 atom stereocenters. The van der Waals surface area contributed by atoms with Crippen molar-refractivity contribution in [3.8, 4) is 0 Å². The summed E-state index contributed by atoms with van der Waals surface area (Å²) in [7, 11) is 0. The number of carbonyl (C=O) groups excluding carboxylic acids is 1. The molecule has 0 saturated carbocycles. The number of hydrogen-bond acceptors (Lipinski definition) is 1. The second kappa shape index (κ2) is 6.21. The van der Waals surface area contributed by atoms with Gasteiger partial charge in [-0.25, -0.2) is 0 Å². The molecule has 0 heterocycles. The van der Waals surface area contributed by atoms with E-state index >= 15 is 0 Å². The molecule has 0 aliphatic carbocycles. The van der Waals surface area contributed by atoms with Crippen molar-refractivity contribution < 1.29 is 4.79 Å². The van der Waals surface area contributed by atoms with E-state index < -0.39 is 0 Å². The zero-order valence-electron chi connectivity index (χ0n) is 3.56. The molecule has 1 radical (unpaired) electrons. The second-order valence-corrected chi connectivity index (χ2v) is 0.867. The van der Waals surface area contributed by atoms with Gasteiger partial charge >= 0.3 is 29.6 Å². The predicted octanol–water partition coefficient (Wildman–Crippen LogP) is -0.579. The van der Waals surface area contributed by atoms with Crippen LogP contribution in [0.5, 0.6) is 0 Å². The number of carbonyl (C=O) groups is 1. The molecule has 2 nitrogen and oxygen atoms in total. The Bertz CT molecular complexity index is 72.1. The number of amides is 1. The van der Waals surface area contributed by atoms with Gasteiger partial charge in [-0.15, -0.1) is 0 Å². The Hall–Kier alpha value is 0.210. The standard InChI is InChI=1S/C4H6NO.Na.H/c1-3-5-4(2)6;;/h1,3H,2H3,(H,5,6);;. The quantitative estimate of drug-likeness (QED) is 0.447. The Morgan fingerprint density at radius 3 is 2.29 bits per heavy atom. The third kappa shape index (κ3) is 10.7. The van der Waals surface area contributed by atoms with Crippen LogP contribution < -0.4 is 5.32 Å². The third-order valence-electron chi connectivity index (χ3n) is 0.287. The summed E-state index contributed by atoms with van der Waals surface area (Å²) in [4.78, 5) is 9.82. The van der Waals surface area contributed by atoms with Crippen LogP contribution in [-0.2, 0) is 4.79 Å². The molecule has 0 rings (SSSR count). The van der Waals surface area contributed by atoms with Gasteiger partial charge in [-0.1, -0.05) is 0 Å². The van der Waals surface area contributed by atoms with Gasteiger partial charge in [0, 0.05) is 13.1 Å². The van der Waals surface area contributed by atoms with Crippen LogP contribution in [0.1, 0.15) is 6.92 Å². The minimum absolute atomic E-state index is 0.